The van der Waals surface area contributed by atoms with Crippen LogP contribution in [-0.4, -0.2) is 40.8 Å². The van der Waals surface area contributed by atoms with Crippen LogP contribution < -0.4 is 4.74 Å². The number of carbonyl (C=O) groups is 1. The summed E-state index contributed by atoms with van der Waals surface area (Å²) in [5.41, 5.74) is 3.30. The number of para-hydroxylation sites is 1. The number of hydrogen-bond acceptors (Lipinski definition) is 3. The molecule has 1 atom stereocenters. The molecule has 1 fully saturated rings. The molecule has 0 saturated carbocycles. The van der Waals surface area contributed by atoms with Gasteiger partial charge in [0, 0.05) is 25.2 Å². The van der Waals surface area contributed by atoms with Crippen molar-refractivity contribution >= 4 is 5.91 Å². The van der Waals surface area contributed by atoms with E-state index in [-0.39, 0.29) is 11.9 Å². The number of carbonyl (C=O) groups excluding carboxylic acids is 1. The Labute approximate surface area is 149 Å². The molecular weight excluding hydrogens is 314 g/mol. The van der Waals surface area contributed by atoms with Crippen molar-refractivity contribution in [2.75, 3.05) is 20.2 Å². The Balaban J connectivity index is 1.61. The van der Waals surface area contributed by atoms with Crippen LogP contribution in [0, 0.1) is 13.8 Å². The number of piperidine rings is 1. The second kappa shape index (κ2) is 7.72. The van der Waals surface area contributed by atoms with Crippen LogP contribution in [0.15, 0.2) is 30.3 Å². The van der Waals surface area contributed by atoms with E-state index in [1.54, 1.807) is 7.11 Å². The summed E-state index contributed by atoms with van der Waals surface area (Å²) in [6.45, 7) is 5.71. The van der Waals surface area contributed by atoms with E-state index >= 15 is 0 Å². The Bertz CT molecular complexity index is 738. The molecule has 1 saturated heterocycles. The Morgan fingerprint density at radius 1 is 1.32 bits per heavy atom. The number of likely N-dealkylation sites (tertiary alicyclic amines) is 1. The summed E-state index contributed by atoms with van der Waals surface area (Å²) >= 11 is 0. The first-order chi connectivity index (χ1) is 12.1. The number of aromatic nitrogens is 2. The van der Waals surface area contributed by atoms with Crippen LogP contribution in [0.4, 0.5) is 0 Å². The maximum atomic E-state index is 12.7. The van der Waals surface area contributed by atoms with Gasteiger partial charge in [-0.15, -0.1) is 0 Å². The van der Waals surface area contributed by atoms with Gasteiger partial charge in [0.2, 0.25) is 5.91 Å². The second-order valence-electron chi connectivity index (χ2n) is 6.82. The van der Waals surface area contributed by atoms with Crippen LogP contribution in [0.25, 0.3) is 0 Å². The summed E-state index contributed by atoms with van der Waals surface area (Å²) in [5.74, 6) is 1.08. The maximum Gasteiger partial charge on any atom is 0.222 e. The molecule has 5 nitrogen and oxygen atoms in total. The van der Waals surface area contributed by atoms with Gasteiger partial charge >= 0.3 is 0 Å². The molecule has 1 unspecified atom stereocenters. The molecule has 1 aliphatic heterocycles. The highest BCUT2D eigenvalue weighted by Crippen LogP contribution is 2.24. The fourth-order valence-corrected chi connectivity index (χ4v) is 3.71. The third kappa shape index (κ3) is 4.03. The number of ether oxygens (including phenoxy) is 1. The zero-order chi connectivity index (χ0) is 17.8. The van der Waals surface area contributed by atoms with Crippen LogP contribution in [0.5, 0.6) is 5.75 Å². The Morgan fingerprint density at radius 3 is 2.84 bits per heavy atom. The van der Waals surface area contributed by atoms with Crippen molar-refractivity contribution < 1.29 is 9.53 Å². The fourth-order valence-electron chi connectivity index (χ4n) is 3.71. The normalized spacial score (nSPS) is 17.6. The van der Waals surface area contributed by atoms with Gasteiger partial charge < -0.3 is 9.64 Å². The molecule has 134 valence electrons. The molecule has 2 heterocycles. The molecule has 1 aliphatic rings. The molecule has 0 spiro atoms. The molecule has 0 N–H and O–H groups in total. The first-order valence-corrected chi connectivity index (χ1v) is 9.01. The van der Waals surface area contributed by atoms with E-state index in [2.05, 4.69) is 22.8 Å². The van der Waals surface area contributed by atoms with E-state index < -0.39 is 0 Å². The Morgan fingerprint density at radius 2 is 2.12 bits per heavy atom. The van der Waals surface area contributed by atoms with Gasteiger partial charge in [0.25, 0.3) is 0 Å². The number of amides is 1. The van der Waals surface area contributed by atoms with E-state index in [4.69, 9.17) is 4.74 Å². The molecule has 1 amide bonds. The van der Waals surface area contributed by atoms with Gasteiger partial charge in [0.1, 0.15) is 5.75 Å². The van der Waals surface area contributed by atoms with E-state index in [9.17, 15) is 4.79 Å². The first kappa shape index (κ1) is 17.5. The van der Waals surface area contributed by atoms with Gasteiger partial charge in [-0.2, -0.15) is 5.10 Å². The Hall–Kier alpha value is -2.30. The number of rotatable bonds is 5. The fraction of sp³-hybridized carbons (Fsp3) is 0.500. The van der Waals surface area contributed by atoms with Crippen LogP contribution in [-0.2, 0) is 11.2 Å². The largest absolute Gasteiger partial charge is 0.496 e. The summed E-state index contributed by atoms with van der Waals surface area (Å²) < 4.78 is 7.47. The van der Waals surface area contributed by atoms with Gasteiger partial charge in [-0.25, -0.2) is 0 Å². The van der Waals surface area contributed by atoms with Gasteiger partial charge in [-0.3, -0.25) is 9.48 Å². The quantitative estimate of drug-likeness (QED) is 0.838. The number of hydrogen-bond donors (Lipinski definition) is 0. The summed E-state index contributed by atoms with van der Waals surface area (Å²) in [6.07, 6.45) is 3.34. The summed E-state index contributed by atoms with van der Waals surface area (Å²) in [6, 6.07) is 10.3. The lowest BCUT2D eigenvalue weighted by Gasteiger charge is -2.33. The maximum absolute atomic E-state index is 12.7. The van der Waals surface area contributed by atoms with Crippen molar-refractivity contribution in [3.05, 3.63) is 47.3 Å². The molecular formula is C20H27N3O2. The minimum Gasteiger partial charge on any atom is -0.496 e. The smallest absolute Gasteiger partial charge is 0.222 e. The third-order valence-electron chi connectivity index (χ3n) is 4.94. The number of methoxy groups -OCH3 is 1. The molecule has 1 aromatic heterocycles. The molecule has 0 bridgehead atoms. The lowest BCUT2D eigenvalue weighted by atomic mass is 10.0. The van der Waals surface area contributed by atoms with Crippen LogP contribution in [0.1, 0.15) is 42.3 Å². The van der Waals surface area contributed by atoms with E-state index in [1.807, 2.05) is 36.1 Å². The number of aryl methyl sites for hydroxylation is 3. The predicted octanol–water partition coefficient (Wildman–Crippen LogP) is 3.30. The first-order valence-electron chi connectivity index (χ1n) is 9.01. The second-order valence-corrected chi connectivity index (χ2v) is 6.82. The minimum atomic E-state index is 0.220. The van der Waals surface area contributed by atoms with E-state index in [0.717, 1.165) is 42.9 Å². The highest BCUT2D eigenvalue weighted by molar-refractivity contribution is 5.76. The van der Waals surface area contributed by atoms with Crippen molar-refractivity contribution in [3.8, 4) is 5.75 Å². The monoisotopic (exact) mass is 341 g/mol. The lowest BCUT2D eigenvalue weighted by Crippen LogP contribution is -2.41. The van der Waals surface area contributed by atoms with Gasteiger partial charge in [0.15, 0.2) is 0 Å². The molecule has 5 heteroatoms. The van der Waals surface area contributed by atoms with Gasteiger partial charge in [-0.1, -0.05) is 18.2 Å². The molecule has 0 aliphatic carbocycles. The average molecular weight is 341 g/mol. The third-order valence-corrected chi connectivity index (χ3v) is 4.94. The number of nitrogens with zero attached hydrogens (tertiary/aromatic N) is 3. The molecule has 25 heavy (non-hydrogen) atoms. The van der Waals surface area contributed by atoms with Crippen molar-refractivity contribution in [1.82, 2.24) is 14.7 Å². The highest BCUT2D eigenvalue weighted by Gasteiger charge is 2.26. The molecule has 0 radical (unpaired) electrons. The van der Waals surface area contributed by atoms with Crippen LogP contribution in [0.3, 0.4) is 0 Å². The summed E-state index contributed by atoms with van der Waals surface area (Å²) in [4.78, 5) is 14.7. The molecule has 2 aromatic rings. The molecule has 1 aromatic carbocycles. The van der Waals surface area contributed by atoms with Gasteiger partial charge in [-0.05, 0) is 50.8 Å². The standard InChI is InChI=1S/C20H27N3O2/c1-15-13-16(2)23(21-15)18-8-6-12-22(14-18)20(24)11-10-17-7-4-5-9-19(17)25-3/h4-5,7,9,13,18H,6,8,10-12,14H2,1-3H3. The topological polar surface area (TPSA) is 47.4 Å². The predicted molar refractivity (Wildman–Crippen MR) is 97.9 cm³/mol. The van der Waals surface area contributed by atoms with Gasteiger partial charge in [0.05, 0.1) is 18.8 Å². The minimum absolute atomic E-state index is 0.220. The van der Waals surface area contributed by atoms with E-state index in [1.165, 1.54) is 5.69 Å². The Kier molecular flexibility index (Phi) is 5.41. The average Bonchev–Trinajstić information content (AvgIpc) is 2.98. The summed E-state index contributed by atoms with van der Waals surface area (Å²) in [7, 11) is 1.67. The SMILES string of the molecule is COc1ccccc1CCC(=O)N1CCCC(n2nc(C)cc2C)C1. The highest BCUT2D eigenvalue weighted by atomic mass is 16.5. The van der Waals surface area contributed by atoms with Crippen molar-refractivity contribution in [1.29, 1.82) is 0 Å². The zero-order valence-electron chi connectivity index (χ0n) is 15.4. The van der Waals surface area contributed by atoms with Crippen molar-refractivity contribution in [2.24, 2.45) is 0 Å². The van der Waals surface area contributed by atoms with Crippen LogP contribution >= 0.6 is 0 Å². The zero-order valence-corrected chi connectivity index (χ0v) is 15.4. The van der Waals surface area contributed by atoms with Crippen LogP contribution in [0.2, 0.25) is 0 Å². The van der Waals surface area contributed by atoms with Crippen molar-refractivity contribution in [3.63, 3.8) is 0 Å². The number of benzene rings is 1. The van der Waals surface area contributed by atoms with E-state index in [0.29, 0.717) is 12.8 Å². The van der Waals surface area contributed by atoms with Crippen molar-refractivity contribution in [2.45, 2.75) is 45.6 Å². The molecule has 3 rings (SSSR count). The summed E-state index contributed by atoms with van der Waals surface area (Å²) in [5, 5.41) is 4.61. The lowest BCUT2D eigenvalue weighted by molar-refractivity contribution is -0.132.